The molecule has 0 aromatic heterocycles. The van der Waals surface area contributed by atoms with Crippen LogP contribution < -0.4 is 5.32 Å². The van der Waals surface area contributed by atoms with E-state index in [1.807, 2.05) is 0 Å². The monoisotopic (exact) mass is 283 g/mol. The van der Waals surface area contributed by atoms with Gasteiger partial charge in [0.05, 0.1) is 6.42 Å². The van der Waals surface area contributed by atoms with E-state index in [2.05, 4.69) is 5.32 Å². The second-order valence-corrected chi connectivity index (χ2v) is 4.45. The van der Waals surface area contributed by atoms with E-state index in [4.69, 9.17) is 9.47 Å². The number of nitrogens with one attached hydrogen (secondary N) is 1. The van der Waals surface area contributed by atoms with Crippen molar-refractivity contribution < 1.29 is 28.6 Å². The normalized spacial score (nSPS) is 20.9. The van der Waals surface area contributed by atoms with Gasteiger partial charge in [0.15, 0.2) is 11.4 Å². The molecule has 0 radical (unpaired) electrons. The molecule has 1 aliphatic rings. The Kier molecular flexibility index (Phi) is 3.85. The smallest absolute Gasteiger partial charge is 0.261 e. The second-order valence-electron chi connectivity index (χ2n) is 4.45. The van der Waals surface area contributed by atoms with Gasteiger partial charge in [-0.3, -0.25) is 9.59 Å². The van der Waals surface area contributed by atoms with Crippen molar-refractivity contribution in [3.63, 3.8) is 0 Å². The number of hydrogen-bond acceptors (Lipinski definition) is 5. The first-order valence-electron chi connectivity index (χ1n) is 5.84. The minimum absolute atomic E-state index is 0.0295. The maximum Gasteiger partial charge on any atom is 0.261 e. The van der Waals surface area contributed by atoms with Crippen LogP contribution in [0.4, 0.5) is 10.1 Å². The molecule has 1 aliphatic heterocycles. The fraction of sp³-hybridized carbons (Fsp3) is 0.385. The summed E-state index contributed by atoms with van der Waals surface area (Å²) in [6.07, 6.45) is -1.76. The number of fused-ring (bicyclic) bond motifs is 1. The number of amides is 1. The molecule has 0 bridgehead atoms. The molecule has 0 aliphatic carbocycles. The maximum atomic E-state index is 13.3. The van der Waals surface area contributed by atoms with Crippen LogP contribution in [0.2, 0.25) is 0 Å². The number of ether oxygens (including phenoxy) is 2. The van der Waals surface area contributed by atoms with E-state index >= 15 is 0 Å². The fourth-order valence-electron chi connectivity index (χ4n) is 2.19. The third-order valence-electron chi connectivity index (χ3n) is 3.17. The Labute approximate surface area is 114 Å². The summed E-state index contributed by atoms with van der Waals surface area (Å²) >= 11 is 0. The lowest BCUT2D eigenvalue weighted by atomic mass is 9.89. The number of benzene rings is 1. The molecule has 0 spiro atoms. The van der Waals surface area contributed by atoms with Crippen molar-refractivity contribution in [3.05, 3.63) is 29.6 Å². The standard InChI is InChI=1S/C13H14FNO5/c1-19-11(20-2)10(16)6-13(18)8-5-7(14)3-4-9(8)15-12(13)17/h3-5,11,18H,6H2,1-2H3,(H,15,17)/t13-/m1/s1. The third kappa shape index (κ3) is 2.31. The first kappa shape index (κ1) is 14.6. The molecule has 1 amide bonds. The topological polar surface area (TPSA) is 84.9 Å². The quantitative estimate of drug-likeness (QED) is 0.771. The summed E-state index contributed by atoms with van der Waals surface area (Å²) in [6.45, 7) is 0. The summed E-state index contributed by atoms with van der Waals surface area (Å²) in [4.78, 5) is 23.8. The SMILES string of the molecule is COC(OC)C(=O)C[C@]1(O)C(=O)Nc2ccc(F)cc21. The van der Waals surface area contributed by atoms with E-state index in [-0.39, 0.29) is 11.3 Å². The van der Waals surface area contributed by atoms with E-state index in [1.165, 1.54) is 20.3 Å². The van der Waals surface area contributed by atoms with Gasteiger partial charge in [-0.2, -0.15) is 0 Å². The second kappa shape index (κ2) is 5.28. The van der Waals surface area contributed by atoms with Crippen LogP contribution in [-0.4, -0.2) is 37.3 Å². The van der Waals surface area contributed by atoms with Crippen LogP contribution in [0.5, 0.6) is 0 Å². The van der Waals surface area contributed by atoms with Crippen LogP contribution in [0.25, 0.3) is 0 Å². The summed E-state index contributed by atoms with van der Waals surface area (Å²) < 4.78 is 22.8. The Bertz CT molecular complexity index is 558. The first-order valence-corrected chi connectivity index (χ1v) is 5.84. The molecular formula is C13H14FNO5. The highest BCUT2D eigenvalue weighted by atomic mass is 19.1. The van der Waals surface area contributed by atoms with Crippen molar-refractivity contribution in [1.82, 2.24) is 0 Å². The van der Waals surface area contributed by atoms with Crippen LogP contribution in [-0.2, 0) is 24.7 Å². The van der Waals surface area contributed by atoms with Crippen LogP contribution >= 0.6 is 0 Å². The molecule has 0 unspecified atom stereocenters. The number of hydrogen-bond donors (Lipinski definition) is 2. The molecule has 1 heterocycles. The van der Waals surface area contributed by atoms with Crippen molar-refractivity contribution >= 4 is 17.4 Å². The highest BCUT2D eigenvalue weighted by Gasteiger charge is 2.47. The number of carbonyl (C=O) groups excluding carboxylic acids is 2. The minimum Gasteiger partial charge on any atom is -0.375 e. The number of rotatable bonds is 5. The van der Waals surface area contributed by atoms with Gasteiger partial charge in [0.1, 0.15) is 5.82 Å². The van der Waals surface area contributed by atoms with E-state index in [0.29, 0.717) is 0 Å². The van der Waals surface area contributed by atoms with Crippen LogP contribution in [0.15, 0.2) is 18.2 Å². The number of carbonyl (C=O) groups is 2. The molecule has 108 valence electrons. The van der Waals surface area contributed by atoms with Gasteiger partial charge in [-0.05, 0) is 18.2 Å². The van der Waals surface area contributed by atoms with Gasteiger partial charge in [-0.25, -0.2) is 4.39 Å². The zero-order chi connectivity index (χ0) is 14.9. The van der Waals surface area contributed by atoms with Crippen molar-refractivity contribution in [2.45, 2.75) is 18.3 Å². The third-order valence-corrected chi connectivity index (χ3v) is 3.17. The highest BCUT2D eigenvalue weighted by Crippen LogP contribution is 2.39. The Balaban J connectivity index is 2.33. The van der Waals surface area contributed by atoms with Gasteiger partial charge in [0.2, 0.25) is 6.29 Å². The number of anilines is 1. The van der Waals surface area contributed by atoms with Gasteiger partial charge < -0.3 is 19.9 Å². The lowest BCUT2D eigenvalue weighted by Crippen LogP contribution is -2.40. The molecule has 0 saturated carbocycles. The van der Waals surface area contributed by atoms with Gasteiger partial charge >= 0.3 is 0 Å². The molecule has 1 aromatic carbocycles. The lowest BCUT2D eigenvalue weighted by Gasteiger charge is -2.22. The number of Topliss-reactive ketones (excluding diaryl/α,β-unsaturated/α-hetero) is 1. The van der Waals surface area contributed by atoms with E-state index in [9.17, 15) is 19.1 Å². The summed E-state index contributed by atoms with van der Waals surface area (Å²) in [7, 11) is 2.52. The maximum absolute atomic E-state index is 13.3. The molecular weight excluding hydrogens is 269 g/mol. The van der Waals surface area contributed by atoms with Crippen molar-refractivity contribution in [3.8, 4) is 0 Å². The molecule has 20 heavy (non-hydrogen) atoms. The van der Waals surface area contributed by atoms with Crippen molar-refractivity contribution in [2.75, 3.05) is 19.5 Å². The molecule has 0 fully saturated rings. The van der Waals surface area contributed by atoms with Crippen LogP contribution in [0.1, 0.15) is 12.0 Å². The molecule has 2 rings (SSSR count). The molecule has 0 saturated heterocycles. The number of halogens is 1. The highest BCUT2D eigenvalue weighted by molar-refractivity contribution is 6.07. The fourth-order valence-corrected chi connectivity index (χ4v) is 2.19. The lowest BCUT2D eigenvalue weighted by molar-refractivity contribution is -0.163. The zero-order valence-electron chi connectivity index (χ0n) is 11.0. The average Bonchev–Trinajstić information content (AvgIpc) is 2.64. The van der Waals surface area contributed by atoms with E-state index in [0.717, 1.165) is 12.1 Å². The average molecular weight is 283 g/mol. The van der Waals surface area contributed by atoms with Crippen LogP contribution in [0, 0.1) is 5.82 Å². The predicted octanol–water partition coefficient (Wildman–Crippen LogP) is 0.543. The number of methoxy groups -OCH3 is 2. The number of aliphatic hydroxyl groups is 1. The Morgan fingerprint density at radius 3 is 2.70 bits per heavy atom. The van der Waals surface area contributed by atoms with Gasteiger partial charge in [-0.15, -0.1) is 0 Å². The minimum atomic E-state index is -2.12. The van der Waals surface area contributed by atoms with Crippen molar-refractivity contribution in [1.29, 1.82) is 0 Å². The molecule has 1 atom stereocenters. The Morgan fingerprint density at radius 1 is 1.45 bits per heavy atom. The van der Waals surface area contributed by atoms with Crippen molar-refractivity contribution in [2.24, 2.45) is 0 Å². The molecule has 6 nitrogen and oxygen atoms in total. The van der Waals surface area contributed by atoms with Gasteiger partial charge in [0.25, 0.3) is 5.91 Å². The van der Waals surface area contributed by atoms with Gasteiger partial charge in [0, 0.05) is 25.5 Å². The molecule has 2 N–H and O–H groups in total. The summed E-state index contributed by atoms with van der Waals surface area (Å²) in [5.74, 6) is -2.01. The summed E-state index contributed by atoms with van der Waals surface area (Å²) in [5, 5.41) is 12.8. The molecule has 1 aromatic rings. The summed E-state index contributed by atoms with van der Waals surface area (Å²) in [5.41, 5.74) is -1.82. The zero-order valence-corrected chi connectivity index (χ0v) is 11.0. The Morgan fingerprint density at radius 2 is 2.10 bits per heavy atom. The predicted molar refractivity (Wildman–Crippen MR) is 66.4 cm³/mol. The molecule has 7 heteroatoms. The van der Waals surface area contributed by atoms with Gasteiger partial charge in [-0.1, -0.05) is 0 Å². The summed E-state index contributed by atoms with van der Waals surface area (Å²) in [6, 6.07) is 3.50. The number of ketones is 1. The largest absolute Gasteiger partial charge is 0.375 e. The van der Waals surface area contributed by atoms with E-state index in [1.54, 1.807) is 0 Å². The Hall–Kier alpha value is -1.83. The van der Waals surface area contributed by atoms with E-state index < -0.39 is 35.8 Å². The first-order chi connectivity index (χ1) is 9.42. The van der Waals surface area contributed by atoms with Crippen LogP contribution in [0.3, 0.4) is 0 Å².